The summed E-state index contributed by atoms with van der Waals surface area (Å²) in [5, 5.41) is 8.99. The van der Waals surface area contributed by atoms with Crippen LogP contribution in [0, 0.1) is 0 Å². The highest BCUT2D eigenvalue weighted by molar-refractivity contribution is 6.17. The zero-order valence-electron chi connectivity index (χ0n) is 7.63. The van der Waals surface area contributed by atoms with Gasteiger partial charge in [0.15, 0.2) is 0 Å². The number of aliphatic hydroxyl groups excluding tert-OH is 1. The van der Waals surface area contributed by atoms with E-state index >= 15 is 0 Å². The average Bonchev–Trinajstić information content (AvgIpc) is 2.20. The van der Waals surface area contributed by atoms with E-state index in [1.54, 1.807) is 0 Å². The van der Waals surface area contributed by atoms with Crippen LogP contribution < -0.4 is 0 Å². The standard InChI is InChI=1S/C11H13ClO/c1-2-9(8-13)11-6-4-3-5-10(11)7-12/h3-6,8,13H,2,7H2,1H3/b9-8+. The van der Waals surface area contributed by atoms with Gasteiger partial charge in [0, 0.05) is 5.88 Å². The number of benzene rings is 1. The van der Waals surface area contributed by atoms with Gasteiger partial charge in [-0.2, -0.15) is 0 Å². The number of allylic oxidation sites excluding steroid dienone is 1. The molecule has 0 unspecified atom stereocenters. The molecule has 0 fully saturated rings. The molecule has 1 aromatic carbocycles. The van der Waals surface area contributed by atoms with Crippen molar-refractivity contribution >= 4 is 17.2 Å². The van der Waals surface area contributed by atoms with Gasteiger partial charge in [-0.3, -0.25) is 0 Å². The average molecular weight is 197 g/mol. The number of rotatable bonds is 3. The maximum absolute atomic E-state index is 8.99. The van der Waals surface area contributed by atoms with E-state index in [0.29, 0.717) is 5.88 Å². The minimum absolute atomic E-state index is 0.480. The van der Waals surface area contributed by atoms with E-state index < -0.39 is 0 Å². The lowest BCUT2D eigenvalue weighted by Crippen LogP contribution is -1.90. The van der Waals surface area contributed by atoms with E-state index in [4.69, 9.17) is 16.7 Å². The number of alkyl halides is 1. The Kier molecular flexibility index (Phi) is 3.84. The lowest BCUT2D eigenvalue weighted by Gasteiger charge is -2.07. The summed E-state index contributed by atoms with van der Waals surface area (Å²) in [6, 6.07) is 7.85. The third-order valence-corrected chi connectivity index (χ3v) is 2.33. The van der Waals surface area contributed by atoms with Crippen molar-refractivity contribution in [3.63, 3.8) is 0 Å². The van der Waals surface area contributed by atoms with Crippen molar-refractivity contribution in [3.8, 4) is 0 Å². The molecule has 0 saturated heterocycles. The van der Waals surface area contributed by atoms with Gasteiger partial charge in [-0.25, -0.2) is 0 Å². The number of hydrogen-bond acceptors (Lipinski definition) is 1. The molecule has 0 amide bonds. The first-order valence-corrected chi connectivity index (χ1v) is 4.84. The smallest absolute Gasteiger partial charge is 0.0829 e. The first-order chi connectivity index (χ1) is 6.33. The summed E-state index contributed by atoms with van der Waals surface area (Å²) in [7, 11) is 0. The van der Waals surface area contributed by atoms with Crippen molar-refractivity contribution in [2.24, 2.45) is 0 Å². The summed E-state index contributed by atoms with van der Waals surface area (Å²) in [6.45, 7) is 2.01. The van der Waals surface area contributed by atoms with Gasteiger partial charge in [0.1, 0.15) is 0 Å². The molecule has 1 N–H and O–H groups in total. The molecule has 0 bridgehead atoms. The van der Waals surface area contributed by atoms with Crippen LogP contribution >= 0.6 is 11.6 Å². The van der Waals surface area contributed by atoms with E-state index in [9.17, 15) is 0 Å². The molecule has 0 aromatic heterocycles. The maximum Gasteiger partial charge on any atom is 0.0829 e. The van der Waals surface area contributed by atoms with Gasteiger partial charge >= 0.3 is 0 Å². The Bertz CT molecular complexity index is 305. The predicted molar refractivity (Wildman–Crippen MR) is 56.9 cm³/mol. The lowest BCUT2D eigenvalue weighted by molar-refractivity contribution is 0.474. The van der Waals surface area contributed by atoms with Gasteiger partial charge in [-0.05, 0) is 23.1 Å². The third kappa shape index (κ3) is 2.25. The van der Waals surface area contributed by atoms with Gasteiger partial charge in [-0.15, -0.1) is 11.6 Å². The quantitative estimate of drug-likeness (QED) is 0.577. The summed E-state index contributed by atoms with van der Waals surface area (Å²) >= 11 is 5.78. The largest absolute Gasteiger partial charge is 0.515 e. The minimum atomic E-state index is 0.480. The van der Waals surface area contributed by atoms with Crippen molar-refractivity contribution in [3.05, 3.63) is 41.7 Å². The highest BCUT2D eigenvalue weighted by Crippen LogP contribution is 2.22. The topological polar surface area (TPSA) is 20.2 Å². The predicted octanol–water partition coefficient (Wildman–Crippen LogP) is 3.73. The van der Waals surface area contributed by atoms with Crippen LogP contribution in [0.2, 0.25) is 0 Å². The van der Waals surface area contributed by atoms with Crippen molar-refractivity contribution in [1.82, 2.24) is 0 Å². The van der Waals surface area contributed by atoms with Crippen LogP contribution in [0.3, 0.4) is 0 Å². The molecule has 2 heteroatoms. The zero-order chi connectivity index (χ0) is 9.68. The fraction of sp³-hybridized carbons (Fsp3) is 0.273. The Morgan fingerprint density at radius 3 is 2.69 bits per heavy atom. The van der Waals surface area contributed by atoms with Crippen LogP contribution in [0.15, 0.2) is 30.5 Å². The molecule has 13 heavy (non-hydrogen) atoms. The molecule has 0 saturated carbocycles. The Balaban J connectivity index is 3.12. The second kappa shape index (κ2) is 4.93. The van der Waals surface area contributed by atoms with Gasteiger partial charge in [-0.1, -0.05) is 31.2 Å². The summed E-state index contributed by atoms with van der Waals surface area (Å²) < 4.78 is 0. The molecule has 70 valence electrons. The summed E-state index contributed by atoms with van der Waals surface area (Å²) in [6.07, 6.45) is 1.97. The van der Waals surface area contributed by atoms with Gasteiger partial charge in [0.25, 0.3) is 0 Å². The van der Waals surface area contributed by atoms with E-state index in [0.717, 1.165) is 29.4 Å². The second-order valence-electron chi connectivity index (χ2n) is 2.80. The molecule has 0 spiro atoms. The van der Waals surface area contributed by atoms with Crippen LogP contribution in [-0.2, 0) is 5.88 Å². The van der Waals surface area contributed by atoms with Crippen molar-refractivity contribution in [2.45, 2.75) is 19.2 Å². The lowest BCUT2D eigenvalue weighted by atomic mass is 10.00. The van der Waals surface area contributed by atoms with Gasteiger partial charge < -0.3 is 5.11 Å². The summed E-state index contributed by atoms with van der Waals surface area (Å²) in [4.78, 5) is 0. The van der Waals surface area contributed by atoms with Crippen LogP contribution in [-0.4, -0.2) is 5.11 Å². The van der Waals surface area contributed by atoms with Crippen LogP contribution in [0.25, 0.3) is 5.57 Å². The van der Waals surface area contributed by atoms with E-state index in [2.05, 4.69) is 0 Å². The molecule has 0 aliphatic carbocycles. The van der Waals surface area contributed by atoms with Crippen LogP contribution in [0.4, 0.5) is 0 Å². The Morgan fingerprint density at radius 1 is 1.46 bits per heavy atom. The molecular weight excluding hydrogens is 184 g/mol. The number of aliphatic hydroxyl groups is 1. The molecule has 1 aromatic rings. The molecule has 0 aliphatic heterocycles. The Labute approximate surface area is 83.7 Å². The number of halogens is 1. The summed E-state index contributed by atoms with van der Waals surface area (Å²) in [5.41, 5.74) is 3.03. The molecule has 1 rings (SSSR count). The van der Waals surface area contributed by atoms with E-state index in [1.165, 1.54) is 0 Å². The normalized spacial score (nSPS) is 11.7. The number of hydrogen-bond donors (Lipinski definition) is 1. The van der Waals surface area contributed by atoms with Gasteiger partial charge in [0.2, 0.25) is 0 Å². The van der Waals surface area contributed by atoms with Crippen molar-refractivity contribution < 1.29 is 5.11 Å². The molecule has 1 nitrogen and oxygen atoms in total. The SMILES string of the molecule is CC/C(=C\O)c1ccccc1CCl. The van der Waals surface area contributed by atoms with Gasteiger partial charge in [0.05, 0.1) is 6.26 Å². The third-order valence-electron chi connectivity index (χ3n) is 2.04. The fourth-order valence-electron chi connectivity index (χ4n) is 1.30. The molecular formula is C11H13ClO. The summed E-state index contributed by atoms with van der Waals surface area (Å²) in [5.74, 6) is 0.480. The second-order valence-corrected chi connectivity index (χ2v) is 3.07. The first kappa shape index (κ1) is 10.1. The minimum Gasteiger partial charge on any atom is -0.515 e. The molecule has 0 heterocycles. The zero-order valence-corrected chi connectivity index (χ0v) is 8.38. The maximum atomic E-state index is 8.99. The van der Waals surface area contributed by atoms with E-state index in [1.807, 2.05) is 31.2 Å². The monoisotopic (exact) mass is 196 g/mol. The van der Waals surface area contributed by atoms with Crippen molar-refractivity contribution in [1.29, 1.82) is 0 Å². The highest BCUT2D eigenvalue weighted by Gasteiger charge is 2.04. The molecule has 0 atom stereocenters. The first-order valence-electron chi connectivity index (χ1n) is 4.31. The van der Waals surface area contributed by atoms with Crippen molar-refractivity contribution in [2.75, 3.05) is 0 Å². The Morgan fingerprint density at radius 2 is 2.15 bits per heavy atom. The Hall–Kier alpha value is -0.950. The fourth-order valence-corrected chi connectivity index (χ4v) is 1.53. The van der Waals surface area contributed by atoms with Crippen LogP contribution in [0.5, 0.6) is 0 Å². The molecule has 0 aliphatic rings. The molecule has 0 radical (unpaired) electrons. The van der Waals surface area contributed by atoms with Crippen LogP contribution in [0.1, 0.15) is 24.5 Å². The highest BCUT2D eigenvalue weighted by atomic mass is 35.5. The van der Waals surface area contributed by atoms with E-state index in [-0.39, 0.29) is 0 Å².